The van der Waals surface area contributed by atoms with Gasteiger partial charge in [-0.25, -0.2) is 4.98 Å². The van der Waals surface area contributed by atoms with Gasteiger partial charge < -0.3 is 14.5 Å². The average Bonchev–Trinajstić information content (AvgIpc) is 3.04. The zero-order chi connectivity index (χ0) is 19.7. The standard InChI is InChI=1S/C20H19Cl2N3O3/c1-12-23-17-11-14(3-5-18(17)28-12)24-20(26)19(25-6-8-27-9-7-25)15-4-2-13(21)10-16(15)22/h2-5,10-11,19H,6-9H2,1H3,(H,24,26)/t19-/m0/s1. The largest absolute Gasteiger partial charge is 0.441 e. The monoisotopic (exact) mass is 419 g/mol. The normalized spacial score (nSPS) is 16.2. The van der Waals surface area contributed by atoms with Crippen LogP contribution in [-0.4, -0.2) is 42.1 Å². The number of carbonyl (C=O) groups is 1. The van der Waals surface area contributed by atoms with Crippen LogP contribution in [0.15, 0.2) is 40.8 Å². The third kappa shape index (κ3) is 4.00. The fraction of sp³-hybridized carbons (Fsp3) is 0.300. The first-order valence-corrected chi connectivity index (χ1v) is 9.71. The summed E-state index contributed by atoms with van der Waals surface area (Å²) in [4.78, 5) is 19.6. The van der Waals surface area contributed by atoms with E-state index in [4.69, 9.17) is 32.4 Å². The van der Waals surface area contributed by atoms with E-state index in [1.54, 1.807) is 43.3 Å². The Labute approximate surface area is 172 Å². The summed E-state index contributed by atoms with van der Waals surface area (Å²) in [7, 11) is 0. The topological polar surface area (TPSA) is 67.6 Å². The van der Waals surface area contributed by atoms with E-state index >= 15 is 0 Å². The Morgan fingerprint density at radius 3 is 2.71 bits per heavy atom. The van der Waals surface area contributed by atoms with Gasteiger partial charge in [0.15, 0.2) is 11.5 Å². The van der Waals surface area contributed by atoms with Crippen molar-refractivity contribution in [3.05, 3.63) is 57.9 Å². The maximum absolute atomic E-state index is 13.3. The predicted octanol–water partition coefficient (Wildman–Crippen LogP) is 4.46. The molecule has 0 bridgehead atoms. The second-order valence-electron chi connectivity index (χ2n) is 6.62. The van der Waals surface area contributed by atoms with Crippen LogP contribution in [0.25, 0.3) is 11.1 Å². The van der Waals surface area contributed by atoms with E-state index in [2.05, 4.69) is 15.2 Å². The first-order valence-electron chi connectivity index (χ1n) is 8.96. The number of fused-ring (bicyclic) bond motifs is 1. The number of ether oxygens (including phenoxy) is 1. The minimum Gasteiger partial charge on any atom is -0.441 e. The number of halogens is 2. The van der Waals surface area contributed by atoms with Gasteiger partial charge in [0.05, 0.1) is 13.2 Å². The van der Waals surface area contributed by atoms with E-state index in [9.17, 15) is 4.79 Å². The van der Waals surface area contributed by atoms with Crippen LogP contribution in [0.1, 0.15) is 17.5 Å². The summed E-state index contributed by atoms with van der Waals surface area (Å²) in [5, 5.41) is 3.98. The van der Waals surface area contributed by atoms with Crippen molar-refractivity contribution in [1.82, 2.24) is 9.88 Å². The molecule has 28 heavy (non-hydrogen) atoms. The molecule has 1 amide bonds. The molecule has 6 nitrogen and oxygen atoms in total. The van der Waals surface area contributed by atoms with E-state index < -0.39 is 6.04 Å². The van der Waals surface area contributed by atoms with Crippen LogP contribution in [0, 0.1) is 6.92 Å². The van der Waals surface area contributed by atoms with E-state index in [1.165, 1.54) is 0 Å². The second kappa shape index (κ2) is 8.09. The average molecular weight is 420 g/mol. The lowest BCUT2D eigenvalue weighted by Crippen LogP contribution is -2.44. The summed E-state index contributed by atoms with van der Waals surface area (Å²) < 4.78 is 10.9. The van der Waals surface area contributed by atoms with Crippen molar-refractivity contribution in [2.24, 2.45) is 0 Å². The highest BCUT2D eigenvalue weighted by Gasteiger charge is 2.31. The molecule has 146 valence electrons. The Morgan fingerprint density at radius 1 is 1.18 bits per heavy atom. The number of amides is 1. The Balaban J connectivity index is 1.65. The fourth-order valence-corrected chi connectivity index (χ4v) is 3.91. The van der Waals surface area contributed by atoms with Crippen molar-refractivity contribution in [3.63, 3.8) is 0 Å². The van der Waals surface area contributed by atoms with Crippen molar-refractivity contribution in [1.29, 1.82) is 0 Å². The lowest BCUT2D eigenvalue weighted by Gasteiger charge is -2.34. The number of hydrogen-bond acceptors (Lipinski definition) is 5. The molecule has 1 N–H and O–H groups in total. The highest BCUT2D eigenvalue weighted by Crippen LogP contribution is 2.32. The number of nitrogens with zero attached hydrogens (tertiary/aromatic N) is 2. The predicted molar refractivity (Wildman–Crippen MR) is 109 cm³/mol. The van der Waals surface area contributed by atoms with Gasteiger partial charge in [-0.15, -0.1) is 0 Å². The molecule has 1 atom stereocenters. The number of benzene rings is 2. The molecular weight excluding hydrogens is 401 g/mol. The van der Waals surface area contributed by atoms with E-state index in [-0.39, 0.29) is 5.91 Å². The smallest absolute Gasteiger partial charge is 0.246 e. The summed E-state index contributed by atoms with van der Waals surface area (Å²) in [5.41, 5.74) is 2.74. The molecule has 2 heterocycles. The molecular formula is C20H19Cl2N3O3. The zero-order valence-electron chi connectivity index (χ0n) is 15.2. The number of hydrogen-bond donors (Lipinski definition) is 1. The Bertz CT molecular complexity index is 1020. The highest BCUT2D eigenvalue weighted by molar-refractivity contribution is 6.35. The molecule has 1 aliphatic rings. The van der Waals surface area contributed by atoms with Gasteiger partial charge in [-0.05, 0) is 35.9 Å². The van der Waals surface area contributed by atoms with Crippen LogP contribution < -0.4 is 5.32 Å². The molecule has 0 spiro atoms. The number of morpholine rings is 1. The third-order valence-corrected chi connectivity index (χ3v) is 5.24. The fourth-order valence-electron chi connectivity index (χ4n) is 3.39. The van der Waals surface area contributed by atoms with Gasteiger partial charge in [-0.1, -0.05) is 29.3 Å². The van der Waals surface area contributed by atoms with Gasteiger partial charge in [-0.2, -0.15) is 0 Å². The van der Waals surface area contributed by atoms with Gasteiger partial charge in [-0.3, -0.25) is 9.69 Å². The van der Waals surface area contributed by atoms with Crippen LogP contribution in [-0.2, 0) is 9.53 Å². The summed E-state index contributed by atoms with van der Waals surface area (Å²) >= 11 is 12.5. The molecule has 0 unspecified atom stereocenters. The highest BCUT2D eigenvalue weighted by atomic mass is 35.5. The number of anilines is 1. The first-order chi connectivity index (χ1) is 13.5. The zero-order valence-corrected chi connectivity index (χ0v) is 16.8. The van der Waals surface area contributed by atoms with Gasteiger partial charge in [0.1, 0.15) is 11.6 Å². The summed E-state index contributed by atoms with van der Waals surface area (Å²) in [6.45, 7) is 4.20. The molecule has 1 saturated heterocycles. The molecule has 2 aromatic carbocycles. The van der Waals surface area contributed by atoms with E-state index in [1.807, 2.05) is 0 Å². The Kier molecular flexibility index (Phi) is 5.55. The van der Waals surface area contributed by atoms with Crippen molar-refractivity contribution in [2.75, 3.05) is 31.6 Å². The summed E-state index contributed by atoms with van der Waals surface area (Å²) in [6.07, 6.45) is 0. The molecule has 0 saturated carbocycles. The number of oxazole rings is 1. The maximum Gasteiger partial charge on any atom is 0.246 e. The van der Waals surface area contributed by atoms with Gasteiger partial charge in [0.25, 0.3) is 0 Å². The van der Waals surface area contributed by atoms with Gasteiger partial charge in [0, 0.05) is 35.7 Å². The molecule has 4 rings (SSSR count). The van der Waals surface area contributed by atoms with Crippen molar-refractivity contribution in [2.45, 2.75) is 13.0 Å². The van der Waals surface area contributed by atoms with Crippen LogP contribution in [0.5, 0.6) is 0 Å². The van der Waals surface area contributed by atoms with Crippen LogP contribution in [0.4, 0.5) is 5.69 Å². The molecule has 1 aliphatic heterocycles. The minimum atomic E-state index is -0.552. The van der Waals surface area contributed by atoms with Gasteiger partial charge >= 0.3 is 0 Å². The van der Waals surface area contributed by atoms with Gasteiger partial charge in [0.2, 0.25) is 5.91 Å². The van der Waals surface area contributed by atoms with Crippen LogP contribution in [0.2, 0.25) is 10.0 Å². The quantitative estimate of drug-likeness (QED) is 0.675. The van der Waals surface area contributed by atoms with Crippen molar-refractivity contribution >= 4 is 45.9 Å². The van der Waals surface area contributed by atoms with E-state index in [0.29, 0.717) is 64.6 Å². The van der Waals surface area contributed by atoms with Crippen LogP contribution in [0.3, 0.4) is 0 Å². The number of aryl methyl sites for hydroxylation is 1. The molecule has 3 aromatic rings. The van der Waals surface area contributed by atoms with E-state index in [0.717, 1.165) is 0 Å². The summed E-state index contributed by atoms with van der Waals surface area (Å²) in [6, 6.07) is 10.0. The SMILES string of the molecule is Cc1nc2cc(NC(=O)[C@H](c3ccc(Cl)cc3Cl)N3CCOCC3)ccc2o1. The lowest BCUT2D eigenvalue weighted by atomic mass is 10.0. The minimum absolute atomic E-state index is 0.175. The maximum atomic E-state index is 13.3. The number of rotatable bonds is 4. The number of nitrogens with one attached hydrogen (secondary N) is 1. The Hall–Kier alpha value is -2.12. The molecule has 0 aliphatic carbocycles. The van der Waals surface area contributed by atoms with Crippen molar-refractivity contribution < 1.29 is 13.9 Å². The lowest BCUT2D eigenvalue weighted by molar-refractivity contribution is -0.123. The molecule has 0 radical (unpaired) electrons. The molecule has 1 aromatic heterocycles. The summed E-state index contributed by atoms with van der Waals surface area (Å²) in [5.74, 6) is 0.406. The second-order valence-corrected chi connectivity index (χ2v) is 7.46. The number of aromatic nitrogens is 1. The number of carbonyl (C=O) groups excluding carboxylic acids is 1. The molecule has 1 fully saturated rings. The van der Waals surface area contributed by atoms with Crippen LogP contribution >= 0.6 is 23.2 Å². The third-order valence-electron chi connectivity index (χ3n) is 4.68. The first kappa shape index (κ1) is 19.2. The molecule has 8 heteroatoms. The Morgan fingerprint density at radius 2 is 1.96 bits per heavy atom. The van der Waals surface area contributed by atoms with Crippen molar-refractivity contribution in [3.8, 4) is 0 Å².